The van der Waals surface area contributed by atoms with Gasteiger partial charge in [0, 0.05) is 12.7 Å². The number of carbonyl (C=O) groups is 3. The predicted octanol–water partition coefficient (Wildman–Crippen LogP) is 3.33. The van der Waals surface area contributed by atoms with Crippen LogP contribution in [0.3, 0.4) is 0 Å². The molecule has 164 valence electrons. The summed E-state index contributed by atoms with van der Waals surface area (Å²) >= 11 is 5.83. The highest BCUT2D eigenvalue weighted by molar-refractivity contribution is 6.47. The molecule has 0 aliphatic heterocycles. The van der Waals surface area contributed by atoms with Crippen molar-refractivity contribution < 1.29 is 36.3 Å². The van der Waals surface area contributed by atoms with E-state index in [1.165, 1.54) is 5.32 Å². The van der Waals surface area contributed by atoms with Gasteiger partial charge in [-0.1, -0.05) is 11.6 Å². The summed E-state index contributed by atoms with van der Waals surface area (Å²) in [5, 5.41) is 11.6. The van der Waals surface area contributed by atoms with Gasteiger partial charge in [-0.25, -0.2) is 8.78 Å². The van der Waals surface area contributed by atoms with Crippen molar-refractivity contribution in [3.8, 4) is 6.07 Å². The molecule has 0 fully saturated rings. The SMILES string of the molecule is C[C@@H](NC(=O)C(=O)c1c(F)c(C(=O)Nc2ccc(F)c(C#N)c2)n(C)c1Cl)C(F)(F)F. The summed E-state index contributed by atoms with van der Waals surface area (Å²) in [4.78, 5) is 36.5. The molecule has 0 saturated heterocycles. The van der Waals surface area contributed by atoms with Gasteiger partial charge >= 0.3 is 6.18 Å². The van der Waals surface area contributed by atoms with E-state index < -0.39 is 63.4 Å². The van der Waals surface area contributed by atoms with Crippen LogP contribution >= 0.6 is 11.6 Å². The van der Waals surface area contributed by atoms with E-state index >= 15 is 0 Å². The van der Waals surface area contributed by atoms with Gasteiger partial charge in [-0.05, 0) is 25.1 Å². The lowest BCUT2D eigenvalue weighted by Gasteiger charge is -2.16. The molecule has 2 amide bonds. The Kier molecular flexibility index (Phi) is 6.70. The molecule has 0 aliphatic carbocycles. The summed E-state index contributed by atoms with van der Waals surface area (Å²) in [6, 6.07) is 2.07. The first-order valence-corrected chi connectivity index (χ1v) is 8.63. The number of ketones is 1. The van der Waals surface area contributed by atoms with Crippen molar-refractivity contribution >= 4 is 34.9 Å². The minimum Gasteiger partial charge on any atom is -0.338 e. The number of carbonyl (C=O) groups excluding carboxylic acids is 3. The van der Waals surface area contributed by atoms with Gasteiger partial charge in [0.05, 0.1) is 5.56 Å². The fourth-order valence-electron chi connectivity index (χ4n) is 2.40. The number of nitriles is 1. The molecule has 0 saturated carbocycles. The lowest BCUT2D eigenvalue weighted by Crippen LogP contribution is -2.45. The lowest BCUT2D eigenvalue weighted by atomic mass is 10.1. The smallest absolute Gasteiger partial charge is 0.338 e. The standard InChI is InChI=1S/C18H12ClF5N4O3/c1-7(18(22,23)24)26-17(31)14(29)11-12(21)13(28(2)15(11)19)16(30)27-9-3-4-10(20)8(5-9)6-25/h3-5,7H,1-2H3,(H,26,31)(H,27,30)/t7-/m1/s1. The topological polar surface area (TPSA) is 104 Å². The Morgan fingerprint density at radius 1 is 1.23 bits per heavy atom. The summed E-state index contributed by atoms with van der Waals surface area (Å²) in [7, 11) is 1.07. The summed E-state index contributed by atoms with van der Waals surface area (Å²) in [5.74, 6) is -7.09. The highest BCUT2D eigenvalue weighted by Crippen LogP contribution is 2.27. The van der Waals surface area contributed by atoms with Crippen LogP contribution in [0, 0.1) is 23.0 Å². The number of Topliss-reactive ketones (excluding diaryl/α,β-unsaturated/α-hetero) is 1. The molecule has 1 aromatic heterocycles. The van der Waals surface area contributed by atoms with Gasteiger partial charge < -0.3 is 15.2 Å². The van der Waals surface area contributed by atoms with Crippen molar-refractivity contribution in [1.82, 2.24) is 9.88 Å². The van der Waals surface area contributed by atoms with Crippen LogP contribution in [0.4, 0.5) is 27.6 Å². The highest BCUT2D eigenvalue weighted by Gasteiger charge is 2.39. The second-order valence-electron chi connectivity index (χ2n) is 6.21. The Morgan fingerprint density at radius 3 is 2.39 bits per heavy atom. The van der Waals surface area contributed by atoms with Crippen molar-refractivity contribution in [2.45, 2.75) is 19.1 Å². The Bertz CT molecular complexity index is 1120. The molecule has 1 aromatic carbocycles. The summed E-state index contributed by atoms with van der Waals surface area (Å²) in [6.07, 6.45) is -4.85. The third-order valence-electron chi connectivity index (χ3n) is 4.10. The molecule has 31 heavy (non-hydrogen) atoms. The molecule has 0 aliphatic rings. The molecule has 13 heteroatoms. The molecule has 0 bridgehead atoms. The van der Waals surface area contributed by atoms with Gasteiger partial charge in [0.1, 0.15) is 34.3 Å². The Balaban J connectivity index is 2.35. The Labute approximate surface area is 176 Å². The van der Waals surface area contributed by atoms with E-state index in [0.717, 1.165) is 25.2 Å². The molecule has 7 nitrogen and oxygen atoms in total. The quantitative estimate of drug-likeness (QED) is 0.404. The number of nitrogens with one attached hydrogen (secondary N) is 2. The average Bonchev–Trinajstić information content (AvgIpc) is 2.90. The van der Waals surface area contributed by atoms with E-state index in [2.05, 4.69) is 5.32 Å². The number of anilines is 1. The van der Waals surface area contributed by atoms with Crippen LogP contribution in [0.25, 0.3) is 0 Å². The van der Waals surface area contributed by atoms with Crippen LogP contribution in [-0.4, -0.2) is 34.4 Å². The molecular weight excluding hydrogens is 451 g/mol. The van der Waals surface area contributed by atoms with E-state index in [4.69, 9.17) is 16.9 Å². The fourth-order valence-corrected chi connectivity index (χ4v) is 2.66. The number of aromatic nitrogens is 1. The highest BCUT2D eigenvalue weighted by atomic mass is 35.5. The first-order chi connectivity index (χ1) is 14.3. The van der Waals surface area contributed by atoms with Gasteiger partial charge in [0.2, 0.25) is 0 Å². The van der Waals surface area contributed by atoms with Gasteiger partial charge in [-0.15, -0.1) is 0 Å². The van der Waals surface area contributed by atoms with Crippen molar-refractivity contribution in [3.05, 3.63) is 51.8 Å². The maximum atomic E-state index is 14.8. The van der Waals surface area contributed by atoms with Crippen LogP contribution < -0.4 is 10.6 Å². The maximum Gasteiger partial charge on any atom is 0.408 e. The zero-order valence-electron chi connectivity index (χ0n) is 15.7. The van der Waals surface area contributed by atoms with Crippen molar-refractivity contribution in [2.24, 2.45) is 7.05 Å². The molecule has 0 unspecified atom stereocenters. The third kappa shape index (κ3) is 4.83. The molecule has 1 atom stereocenters. The van der Waals surface area contributed by atoms with Crippen molar-refractivity contribution in [1.29, 1.82) is 5.26 Å². The number of halogens is 6. The summed E-state index contributed by atoms with van der Waals surface area (Å²) in [6.45, 7) is 0.575. The monoisotopic (exact) mass is 462 g/mol. The number of alkyl halides is 3. The molecule has 0 radical (unpaired) electrons. The van der Waals surface area contributed by atoms with Crippen LogP contribution in [0.15, 0.2) is 18.2 Å². The molecule has 2 rings (SSSR count). The number of benzene rings is 1. The number of rotatable bonds is 5. The van der Waals surface area contributed by atoms with Gasteiger partial charge in [0.15, 0.2) is 5.82 Å². The lowest BCUT2D eigenvalue weighted by molar-refractivity contribution is -0.156. The van der Waals surface area contributed by atoms with Gasteiger partial charge in [0.25, 0.3) is 17.6 Å². The molecule has 2 aromatic rings. The van der Waals surface area contributed by atoms with E-state index in [1.807, 2.05) is 0 Å². The van der Waals surface area contributed by atoms with E-state index in [0.29, 0.717) is 11.5 Å². The second-order valence-corrected chi connectivity index (χ2v) is 6.57. The molecular formula is C18H12ClF5N4O3. The zero-order valence-corrected chi connectivity index (χ0v) is 16.5. The number of amides is 2. The predicted molar refractivity (Wildman–Crippen MR) is 97.4 cm³/mol. The number of hydrogen-bond donors (Lipinski definition) is 2. The van der Waals surface area contributed by atoms with Gasteiger partial charge in [-0.2, -0.15) is 18.4 Å². The summed E-state index contributed by atoms with van der Waals surface area (Å²) in [5.41, 5.74) is -2.43. The minimum atomic E-state index is -4.85. The Hall–Kier alpha value is -3.46. The van der Waals surface area contributed by atoms with E-state index in [-0.39, 0.29) is 5.69 Å². The molecule has 0 spiro atoms. The molecule has 1 heterocycles. The number of hydrogen-bond acceptors (Lipinski definition) is 4. The normalized spacial score (nSPS) is 12.1. The first kappa shape index (κ1) is 23.8. The third-order valence-corrected chi connectivity index (χ3v) is 4.54. The van der Waals surface area contributed by atoms with Crippen LogP contribution in [0.1, 0.15) is 33.3 Å². The van der Waals surface area contributed by atoms with Crippen molar-refractivity contribution in [2.75, 3.05) is 5.32 Å². The van der Waals surface area contributed by atoms with Crippen LogP contribution in [-0.2, 0) is 11.8 Å². The molecule has 2 N–H and O–H groups in total. The van der Waals surface area contributed by atoms with E-state index in [1.54, 1.807) is 6.07 Å². The second kappa shape index (κ2) is 8.73. The maximum absolute atomic E-state index is 14.8. The Morgan fingerprint density at radius 2 is 1.84 bits per heavy atom. The minimum absolute atomic E-state index is 0.0932. The van der Waals surface area contributed by atoms with Crippen LogP contribution in [0.5, 0.6) is 0 Å². The average molecular weight is 463 g/mol. The van der Waals surface area contributed by atoms with Crippen molar-refractivity contribution in [3.63, 3.8) is 0 Å². The van der Waals surface area contributed by atoms with E-state index in [9.17, 15) is 36.3 Å². The fraction of sp³-hybridized carbons (Fsp3) is 0.222. The van der Waals surface area contributed by atoms with Gasteiger partial charge in [-0.3, -0.25) is 14.4 Å². The number of nitrogens with zero attached hydrogens (tertiary/aromatic N) is 2. The zero-order chi connectivity index (χ0) is 23.7. The largest absolute Gasteiger partial charge is 0.408 e. The summed E-state index contributed by atoms with van der Waals surface area (Å²) < 4.78 is 66.6. The van der Waals surface area contributed by atoms with Crippen LogP contribution in [0.2, 0.25) is 5.15 Å². The first-order valence-electron chi connectivity index (χ1n) is 8.26.